The number of carbonyl (C=O) groups excluding carboxylic acids is 1. The first kappa shape index (κ1) is 20.7. The van der Waals surface area contributed by atoms with Gasteiger partial charge in [-0.15, -0.1) is 0 Å². The number of piperidine rings is 1. The highest BCUT2D eigenvalue weighted by molar-refractivity contribution is 7.70. The van der Waals surface area contributed by atoms with Crippen LogP contribution in [0.4, 0.5) is 8.78 Å². The number of allylic oxidation sites excluding steroid dienone is 4. The monoisotopic (exact) mass is 406 g/mol. The van der Waals surface area contributed by atoms with Crippen molar-refractivity contribution in [3.8, 4) is 0 Å². The van der Waals surface area contributed by atoms with E-state index in [0.717, 1.165) is 0 Å². The largest absolute Gasteiger partial charge is 0.328 e. The predicted molar refractivity (Wildman–Crippen MR) is 109 cm³/mol. The van der Waals surface area contributed by atoms with E-state index < -0.39 is 24.8 Å². The van der Waals surface area contributed by atoms with Gasteiger partial charge < -0.3 is 14.8 Å². The fraction of sp³-hybridized carbons (Fsp3) is 0.381. The molecule has 0 aromatic heterocycles. The summed E-state index contributed by atoms with van der Waals surface area (Å²) in [5.74, 6) is -2.25. The van der Waals surface area contributed by atoms with Crippen LogP contribution in [0.2, 0.25) is 0 Å². The Bertz CT molecular complexity index is 917. The maximum atomic E-state index is 15.2. The molecule has 1 aliphatic carbocycles. The molecule has 7 heteroatoms. The van der Waals surface area contributed by atoms with Crippen molar-refractivity contribution in [3.63, 3.8) is 0 Å². The van der Waals surface area contributed by atoms with Crippen LogP contribution in [0.15, 0.2) is 54.1 Å². The predicted octanol–water partition coefficient (Wildman–Crippen LogP) is 3.62. The lowest BCUT2D eigenvalue weighted by atomic mass is 10.0. The van der Waals surface area contributed by atoms with Crippen LogP contribution in [0.5, 0.6) is 0 Å². The molecule has 0 bridgehead atoms. The second-order valence-electron chi connectivity index (χ2n) is 7.46. The molecular formula is C21H25F2N2O2P. The number of rotatable bonds is 4. The minimum absolute atomic E-state index is 0.0467. The molecule has 0 radical (unpaired) electrons. The maximum absolute atomic E-state index is 15.2. The van der Waals surface area contributed by atoms with Crippen molar-refractivity contribution in [2.24, 2.45) is 0 Å². The van der Waals surface area contributed by atoms with Crippen LogP contribution in [-0.2, 0) is 9.36 Å². The zero-order valence-corrected chi connectivity index (χ0v) is 17.2. The van der Waals surface area contributed by atoms with Gasteiger partial charge in [0.15, 0.2) is 11.7 Å². The Kier molecular flexibility index (Phi) is 6.01. The summed E-state index contributed by atoms with van der Waals surface area (Å²) >= 11 is 0. The van der Waals surface area contributed by atoms with Gasteiger partial charge in [-0.1, -0.05) is 42.5 Å². The van der Waals surface area contributed by atoms with Crippen LogP contribution in [0, 0.1) is 0 Å². The molecule has 2 unspecified atom stereocenters. The van der Waals surface area contributed by atoms with Crippen molar-refractivity contribution >= 4 is 23.9 Å². The Labute approximate surface area is 164 Å². The summed E-state index contributed by atoms with van der Waals surface area (Å²) in [4.78, 5) is 14.0. The number of benzene rings is 1. The van der Waals surface area contributed by atoms with Crippen LogP contribution in [-0.4, -0.2) is 49.8 Å². The van der Waals surface area contributed by atoms with Gasteiger partial charge in [0, 0.05) is 17.4 Å². The minimum atomic E-state index is -2.70. The Morgan fingerprint density at radius 2 is 1.93 bits per heavy atom. The number of nitrogens with one attached hydrogen (secondary N) is 1. The number of amides is 1. The van der Waals surface area contributed by atoms with Crippen LogP contribution >= 0.6 is 7.14 Å². The topological polar surface area (TPSA) is 49.4 Å². The van der Waals surface area contributed by atoms with Gasteiger partial charge in [0.1, 0.15) is 13.2 Å². The fourth-order valence-electron chi connectivity index (χ4n) is 3.74. The van der Waals surface area contributed by atoms with Gasteiger partial charge >= 0.3 is 0 Å². The van der Waals surface area contributed by atoms with Gasteiger partial charge in [-0.2, -0.15) is 0 Å². The minimum Gasteiger partial charge on any atom is -0.328 e. The molecule has 2 atom stereocenters. The third kappa shape index (κ3) is 3.89. The van der Waals surface area contributed by atoms with E-state index in [4.69, 9.17) is 0 Å². The van der Waals surface area contributed by atoms with E-state index in [1.54, 1.807) is 50.7 Å². The molecule has 1 saturated heterocycles. The molecule has 0 spiro atoms. The summed E-state index contributed by atoms with van der Waals surface area (Å²) in [7, 11) is -1.01. The highest BCUT2D eigenvalue weighted by atomic mass is 31.2. The van der Waals surface area contributed by atoms with Crippen molar-refractivity contribution in [1.82, 2.24) is 10.2 Å². The molecule has 1 heterocycles. The molecule has 1 N–H and O–H groups in total. The van der Waals surface area contributed by atoms with Gasteiger partial charge in [-0.25, -0.2) is 8.78 Å². The van der Waals surface area contributed by atoms with E-state index in [2.05, 4.69) is 5.32 Å². The SMILES string of the molecule is CNC1CCCN(C2C=CC=C(c3ccccc3P(C)(C)=O)C(F)=C2F)C1=O. The number of halogens is 2. The van der Waals surface area contributed by atoms with Crippen molar-refractivity contribution in [2.75, 3.05) is 26.9 Å². The van der Waals surface area contributed by atoms with E-state index in [1.807, 2.05) is 0 Å². The second-order valence-corrected chi connectivity index (χ2v) is 10.6. The summed E-state index contributed by atoms with van der Waals surface area (Å²) in [6, 6.07) is 5.29. The number of hydrogen-bond acceptors (Lipinski definition) is 3. The molecule has 1 aliphatic heterocycles. The number of nitrogens with zero attached hydrogens (tertiary/aromatic N) is 1. The van der Waals surface area contributed by atoms with Crippen molar-refractivity contribution in [2.45, 2.75) is 24.9 Å². The van der Waals surface area contributed by atoms with Crippen LogP contribution in [0.1, 0.15) is 18.4 Å². The average Bonchev–Trinajstić information content (AvgIpc) is 2.81. The van der Waals surface area contributed by atoms with Crippen molar-refractivity contribution in [1.29, 1.82) is 0 Å². The number of likely N-dealkylation sites (tertiary alicyclic amines) is 1. The molecular weight excluding hydrogens is 381 g/mol. The molecule has 150 valence electrons. The zero-order chi connectivity index (χ0) is 20.5. The van der Waals surface area contributed by atoms with Crippen LogP contribution < -0.4 is 10.6 Å². The maximum Gasteiger partial charge on any atom is 0.240 e. The van der Waals surface area contributed by atoms with Crippen LogP contribution in [0.3, 0.4) is 0 Å². The van der Waals surface area contributed by atoms with Crippen LogP contribution in [0.25, 0.3) is 5.57 Å². The summed E-state index contributed by atoms with van der Waals surface area (Å²) < 4.78 is 43.0. The van der Waals surface area contributed by atoms with E-state index >= 15 is 8.78 Å². The van der Waals surface area contributed by atoms with Gasteiger partial charge in [0.25, 0.3) is 0 Å². The molecule has 1 fully saturated rings. The lowest BCUT2D eigenvalue weighted by molar-refractivity contribution is -0.137. The Morgan fingerprint density at radius 1 is 1.21 bits per heavy atom. The Balaban J connectivity index is 2.02. The zero-order valence-electron chi connectivity index (χ0n) is 16.3. The smallest absolute Gasteiger partial charge is 0.240 e. The number of likely N-dealkylation sites (N-methyl/N-ethyl adjacent to an activating group) is 1. The van der Waals surface area contributed by atoms with E-state index in [0.29, 0.717) is 30.3 Å². The summed E-state index contributed by atoms with van der Waals surface area (Å²) in [5, 5.41) is 3.43. The first-order valence-corrected chi connectivity index (χ1v) is 11.9. The van der Waals surface area contributed by atoms with E-state index in [1.165, 1.54) is 17.1 Å². The van der Waals surface area contributed by atoms with E-state index in [9.17, 15) is 9.36 Å². The summed E-state index contributed by atoms with van der Waals surface area (Å²) in [6.07, 6.45) is 5.94. The molecule has 1 aromatic carbocycles. The molecule has 3 rings (SSSR count). The molecule has 4 nitrogen and oxygen atoms in total. The molecule has 1 aromatic rings. The standard InChI is InChI=1S/C21H25F2N2O2P/c1-24-16-10-7-13-25(21(16)26)17-11-6-9-15(19(22)20(17)23)14-8-4-5-12-18(14)28(2,3)27/h4-6,8-9,11-12,16-17,24H,7,10,13H2,1-3H3. The highest BCUT2D eigenvalue weighted by Crippen LogP contribution is 2.40. The van der Waals surface area contributed by atoms with Crippen molar-refractivity contribution in [3.05, 3.63) is 59.7 Å². The van der Waals surface area contributed by atoms with Gasteiger partial charge in [-0.3, -0.25) is 4.79 Å². The Hall–Kier alpha value is -2.04. The lowest BCUT2D eigenvalue weighted by Crippen LogP contribution is -2.53. The third-order valence-electron chi connectivity index (χ3n) is 5.19. The molecule has 0 saturated carbocycles. The highest BCUT2D eigenvalue weighted by Gasteiger charge is 2.36. The van der Waals surface area contributed by atoms with Gasteiger partial charge in [0.2, 0.25) is 5.91 Å². The Morgan fingerprint density at radius 3 is 2.61 bits per heavy atom. The molecule has 1 amide bonds. The molecule has 28 heavy (non-hydrogen) atoms. The first-order valence-electron chi connectivity index (χ1n) is 9.32. The number of carbonyl (C=O) groups is 1. The van der Waals surface area contributed by atoms with Crippen molar-refractivity contribution < 1.29 is 18.1 Å². The summed E-state index contributed by atoms with van der Waals surface area (Å²) in [5.41, 5.74) is 0.456. The third-order valence-corrected chi connectivity index (χ3v) is 6.74. The van der Waals surface area contributed by atoms with Gasteiger partial charge in [0.05, 0.1) is 6.04 Å². The normalized spacial score (nSPS) is 23.7. The average molecular weight is 406 g/mol. The lowest BCUT2D eigenvalue weighted by Gasteiger charge is -2.36. The fourth-order valence-corrected chi connectivity index (χ4v) is 4.96. The van der Waals surface area contributed by atoms with E-state index in [-0.39, 0.29) is 17.5 Å². The molecule has 2 aliphatic rings. The first-order chi connectivity index (χ1) is 13.3. The quantitative estimate of drug-likeness (QED) is 0.778. The van der Waals surface area contributed by atoms with Gasteiger partial charge in [-0.05, 0) is 38.8 Å². The summed E-state index contributed by atoms with van der Waals surface area (Å²) in [6.45, 7) is 3.58. The number of hydrogen-bond donors (Lipinski definition) is 1. The second kappa shape index (κ2) is 8.14.